The van der Waals surface area contributed by atoms with Crippen molar-refractivity contribution in [2.24, 2.45) is 11.7 Å². The highest BCUT2D eigenvalue weighted by molar-refractivity contribution is 9.10. The Morgan fingerprint density at radius 3 is 3.15 bits per heavy atom. The molecule has 0 aromatic heterocycles. The van der Waals surface area contributed by atoms with E-state index in [1.807, 2.05) is 12.1 Å². The normalized spacial score (nSPS) is 20.6. The minimum absolute atomic E-state index is 0.474. The highest BCUT2D eigenvalue weighted by Gasteiger charge is 2.18. The van der Waals surface area contributed by atoms with Crippen LogP contribution < -0.4 is 10.5 Å². The Morgan fingerprint density at radius 1 is 1.54 bits per heavy atom. The van der Waals surface area contributed by atoms with Crippen LogP contribution >= 0.6 is 15.9 Å². The number of hydrogen-bond donors (Lipinski definition) is 1. The first kappa shape index (κ1) is 9.03. The van der Waals surface area contributed by atoms with Gasteiger partial charge in [-0.25, -0.2) is 0 Å². The smallest absolute Gasteiger partial charge is 0.122 e. The third-order valence-electron chi connectivity index (χ3n) is 2.34. The van der Waals surface area contributed by atoms with E-state index in [0.29, 0.717) is 12.5 Å². The third-order valence-corrected chi connectivity index (χ3v) is 2.83. The first-order valence-corrected chi connectivity index (χ1v) is 5.20. The van der Waals surface area contributed by atoms with Crippen LogP contribution in [0.5, 0.6) is 5.75 Å². The van der Waals surface area contributed by atoms with Gasteiger partial charge < -0.3 is 10.5 Å². The average Bonchev–Trinajstić information content (AvgIpc) is 2.16. The number of halogens is 1. The zero-order chi connectivity index (χ0) is 9.26. The van der Waals surface area contributed by atoms with Crippen LogP contribution in [0.25, 0.3) is 0 Å². The molecule has 2 N–H and O–H groups in total. The molecule has 1 aromatic rings. The SMILES string of the molecule is NC[C@H]1COc2ccc(Br)cc2C1. The van der Waals surface area contributed by atoms with Crippen molar-refractivity contribution in [2.45, 2.75) is 6.42 Å². The molecule has 0 unspecified atom stereocenters. The molecule has 1 atom stereocenters. The van der Waals surface area contributed by atoms with Crippen molar-refractivity contribution in [1.82, 2.24) is 0 Å². The van der Waals surface area contributed by atoms with Crippen LogP contribution in [-0.2, 0) is 6.42 Å². The molecule has 0 fully saturated rings. The third kappa shape index (κ3) is 1.86. The molecule has 0 saturated carbocycles. The lowest BCUT2D eigenvalue weighted by molar-refractivity contribution is 0.226. The summed E-state index contributed by atoms with van der Waals surface area (Å²) >= 11 is 3.45. The first-order valence-electron chi connectivity index (χ1n) is 4.41. The van der Waals surface area contributed by atoms with Gasteiger partial charge in [0, 0.05) is 10.4 Å². The molecule has 1 aliphatic heterocycles. The van der Waals surface area contributed by atoms with Crippen molar-refractivity contribution in [2.75, 3.05) is 13.2 Å². The maximum atomic E-state index is 5.61. The molecular formula is C10H12BrNO. The van der Waals surface area contributed by atoms with E-state index in [9.17, 15) is 0 Å². The second kappa shape index (κ2) is 3.68. The summed E-state index contributed by atoms with van der Waals surface area (Å²) in [5.74, 6) is 1.48. The molecule has 0 bridgehead atoms. The predicted octanol–water partition coefficient (Wildman–Crippen LogP) is 1.96. The molecule has 0 radical (unpaired) electrons. The Hall–Kier alpha value is -0.540. The molecule has 1 heterocycles. The summed E-state index contributed by atoms with van der Waals surface area (Å²) in [4.78, 5) is 0. The monoisotopic (exact) mass is 241 g/mol. The number of rotatable bonds is 1. The standard InChI is InChI=1S/C10H12BrNO/c11-9-1-2-10-8(4-9)3-7(5-12)6-13-10/h1-2,4,7H,3,5-6,12H2/t7-/m0/s1. The highest BCUT2D eigenvalue weighted by atomic mass is 79.9. The summed E-state index contributed by atoms with van der Waals surface area (Å²) in [6.07, 6.45) is 1.03. The molecule has 0 amide bonds. The van der Waals surface area contributed by atoms with Crippen molar-refractivity contribution >= 4 is 15.9 Å². The van der Waals surface area contributed by atoms with Crippen molar-refractivity contribution < 1.29 is 4.74 Å². The van der Waals surface area contributed by atoms with Crippen LogP contribution in [0.4, 0.5) is 0 Å². The Kier molecular flexibility index (Phi) is 2.56. The van der Waals surface area contributed by atoms with Crippen LogP contribution in [-0.4, -0.2) is 13.2 Å². The van der Waals surface area contributed by atoms with Gasteiger partial charge in [0.05, 0.1) is 6.61 Å². The van der Waals surface area contributed by atoms with E-state index in [1.165, 1.54) is 5.56 Å². The molecule has 2 nitrogen and oxygen atoms in total. The quantitative estimate of drug-likeness (QED) is 0.816. The Balaban J connectivity index is 2.27. The number of fused-ring (bicyclic) bond motifs is 1. The average molecular weight is 242 g/mol. The Morgan fingerprint density at radius 2 is 2.38 bits per heavy atom. The van der Waals surface area contributed by atoms with Crippen LogP contribution in [0.1, 0.15) is 5.56 Å². The van der Waals surface area contributed by atoms with Gasteiger partial charge in [-0.2, -0.15) is 0 Å². The molecule has 13 heavy (non-hydrogen) atoms. The predicted molar refractivity (Wildman–Crippen MR) is 55.9 cm³/mol. The largest absolute Gasteiger partial charge is 0.493 e. The molecule has 2 rings (SSSR count). The fraction of sp³-hybridized carbons (Fsp3) is 0.400. The fourth-order valence-electron chi connectivity index (χ4n) is 1.58. The second-order valence-electron chi connectivity index (χ2n) is 3.37. The second-order valence-corrected chi connectivity index (χ2v) is 4.28. The maximum Gasteiger partial charge on any atom is 0.122 e. The van der Waals surface area contributed by atoms with Crippen LogP contribution in [0.15, 0.2) is 22.7 Å². The van der Waals surface area contributed by atoms with Crippen molar-refractivity contribution in [3.8, 4) is 5.75 Å². The molecular weight excluding hydrogens is 230 g/mol. The van der Waals surface area contributed by atoms with Gasteiger partial charge in [-0.1, -0.05) is 15.9 Å². The molecule has 70 valence electrons. The van der Waals surface area contributed by atoms with Crippen LogP contribution in [0.2, 0.25) is 0 Å². The lowest BCUT2D eigenvalue weighted by Crippen LogP contribution is -2.27. The van der Waals surface area contributed by atoms with Crippen molar-refractivity contribution in [3.05, 3.63) is 28.2 Å². The van der Waals surface area contributed by atoms with E-state index in [-0.39, 0.29) is 0 Å². The molecule has 0 saturated heterocycles. The topological polar surface area (TPSA) is 35.2 Å². The summed E-state index contributed by atoms with van der Waals surface area (Å²) in [7, 11) is 0. The molecule has 3 heteroatoms. The van der Waals surface area contributed by atoms with Gasteiger partial charge in [-0.15, -0.1) is 0 Å². The minimum atomic E-state index is 0.474. The van der Waals surface area contributed by atoms with Crippen molar-refractivity contribution in [1.29, 1.82) is 0 Å². The Labute approximate surface area is 86.2 Å². The van der Waals surface area contributed by atoms with Crippen LogP contribution in [0, 0.1) is 5.92 Å². The van der Waals surface area contributed by atoms with E-state index >= 15 is 0 Å². The van der Waals surface area contributed by atoms with E-state index in [4.69, 9.17) is 10.5 Å². The fourth-order valence-corrected chi connectivity index (χ4v) is 1.99. The zero-order valence-electron chi connectivity index (χ0n) is 7.29. The molecule has 1 aromatic carbocycles. The zero-order valence-corrected chi connectivity index (χ0v) is 8.88. The van der Waals surface area contributed by atoms with Crippen molar-refractivity contribution in [3.63, 3.8) is 0 Å². The van der Waals surface area contributed by atoms with Crippen LogP contribution in [0.3, 0.4) is 0 Å². The van der Waals surface area contributed by atoms with Gasteiger partial charge in [0.15, 0.2) is 0 Å². The lowest BCUT2D eigenvalue weighted by Gasteiger charge is -2.24. The molecule has 0 aliphatic carbocycles. The van der Waals surface area contributed by atoms with Gasteiger partial charge in [0.25, 0.3) is 0 Å². The van der Waals surface area contributed by atoms with E-state index in [2.05, 4.69) is 22.0 Å². The Bertz CT molecular complexity index is 314. The molecule has 1 aliphatic rings. The number of hydrogen-bond acceptors (Lipinski definition) is 2. The number of ether oxygens (including phenoxy) is 1. The highest BCUT2D eigenvalue weighted by Crippen LogP contribution is 2.29. The first-order chi connectivity index (χ1) is 6.29. The van der Waals surface area contributed by atoms with Gasteiger partial charge >= 0.3 is 0 Å². The van der Waals surface area contributed by atoms with Gasteiger partial charge in [0.1, 0.15) is 5.75 Å². The summed E-state index contributed by atoms with van der Waals surface area (Å²) in [6.45, 7) is 1.46. The maximum absolute atomic E-state index is 5.61. The van der Waals surface area contributed by atoms with E-state index in [0.717, 1.165) is 23.2 Å². The summed E-state index contributed by atoms with van der Waals surface area (Å²) in [5, 5.41) is 0. The van der Waals surface area contributed by atoms with Gasteiger partial charge in [-0.3, -0.25) is 0 Å². The summed E-state index contributed by atoms with van der Waals surface area (Å²) in [5.41, 5.74) is 6.87. The van der Waals surface area contributed by atoms with Gasteiger partial charge in [0.2, 0.25) is 0 Å². The minimum Gasteiger partial charge on any atom is -0.493 e. The van der Waals surface area contributed by atoms with E-state index in [1.54, 1.807) is 0 Å². The lowest BCUT2D eigenvalue weighted by atomic mass is 9.97. The number of benzene rings is 1. The molecule has 0 spiro atoms. The van der Waals surface area contributed by atoms with Gasteiger partial charge in [-0.05, 0) is 36.7 Å². The van der Waals surface area contributed by atoms with E-state index < -0.39 is 0 Å². The summed E-state index contributed by atoms with van der Waals surface area (Å²) in [6, 6.07) is 6.12. The number of nitrogens with two attached hydrogens (primary N) is 1. The summed E-state index contributed by atoms with van der Waals surface area (Å²) < 4.78 is 6.69.